The molecule has 1 aromatic rings. The molecule has 21 heavy (non-hydrogen) atoms. The minimum atomic E-state index is -1.34. The van der Waals surface area contributed by atoms with Crippen molar-refractivity contribution in [3.05, 3.63) is 28.5 Å². The van der Waals surface area contributed by atoms with Gasteiger partial charge < -0.3 is 20.8 Å². The van der Waals surface area contributed by atoms with E-state index in [1.165, 1.54) is 12.1 Å². The van der Waals surface area contributed by atoms with Crippen LogP contribution in [0.2, 0.25) is 0 Å². The van der Waals surface area contributed by atoms with Gasteiger partial charge in [-0.2, -0.15) is 0 Å². The zero-order valence-electron chi connectivity index (χ0n) is 10.6. The summed E-state index contributed by atoms with van der Waals surface area (Å²) < 4.78 is 13.2. The molecule has 9 heteroatoms. The van der Waals surface area contributed by atoms with Crippen LogP contribution >= 0.6 is 15.9 Å². The lowest BCUT2D eigenvalue weighted by Crippen LogP contribution is -2.43. The largest absolute Gasteiger partial charge is 0.481 e. The Bertz CT molecular complexity index is 567. The quantitative estimate of drug-likeness (QED) is 0.617. The van der Waals surface area contributed by atoms with Gasteiger partial charge in [0.15, 0.2) is 0 Å². The molecule has 0 aliphatic heterocycles. The average molecular weight is 363 g/mol. The fourth-order valence-corrected chi connectivity index (χ4v) is 1.80. The highest BCUT2D eigenvalue weighted by molar-refractivity contribution is 9.10. The summed E-state index contributed by atoms with van der Waals surface area (Å²) in [6, 6.07) is 1.57. The minimum Gasteiger partial charge on any atom is -0.481 e. The van der Waals surface area contributed by atoms with E-state index >= 15 is 0 Å². The Morgan fingerprint density at radius 1 is 1.29 bits per heavy atom. The van der Waals surface area contributed by atoms with Gasteiger partial charge in [-0.15, -0.1) is 0 Å². The van der Waals surface area contributed by atoms with Crippen molar-refractivity contribution in [2.45, 2.75) is 18.9 Å². The summed E-state index contributed by atoms with van der Waals surface area (Å²) in [5, 5.41) is 21.9. The molecule has 1 rings (SSSR count). The van der Waals surface area contributed by atoms with Gasteiger partial charge in [0.1, 0.15) is 11.9 Å². The summed E-state index contributed by atoms with van der Waals surface area (Å²) in [6.45, 7) is 0. The summed E-state index contributed by atoms with van der Waals surface area (Å²) >= 11 is 2.94. The van der Waals surface area contributed by atoms with Crippen molar-refractivity contribution in [1.29, 1.82) is 0 Å². The summed E-state index contributed by atoms with van der Waals surface area (Å²) in [5.74, 6) is -3.01. The first-order valence-corrected chi connectivity index (χ1v) is 6.56. The zero-order chi connectivity index (χ0) is 16.0. The minimum absolute atomic E-state index is 0.140. The maximum absolute atomic E-state index is 13.0. The summed E-state index contributed by atoms with van der Waals surface area (Å²) in [5.41, 5.74) is 0.253. The van der Waals surface area contributed by atoms with Crippen LogP contribution in [-0.4, -0.2) is 34.2 Å². The van der Waals surface area contributed by atoms with Gasteiger partial charge >= 0.3 is 18.0 Å². The molecule has 1 aromatic carbocycles. The third-order valence-corrected chi connectivity index (χ3v) is 3.04. The Hall–Kier alpha value is -2.16. The number of aliphatic carboxylic acids is 2. The molecular formula is C12H12BrFN2O5. The number of hydrogen-bond donors (Lipinski definition) is 4. The molecule has 1 atom stereocenters. The zero-order valence-corrected chi connectivity index (χ0v) is 12.2. The molecule has 0 radical (unpaired) electrons. The second kappa shape index (κ2) is 7.58. The summed E-state index contributed by atoms with van der Waals surface area (Å²) in [4.78, 5) is 32.9. The van der Waals surface area contributed by atoms with E-state index in [-0.39, 0.29) is 23.0 Å². The molecule has 2 amide bonds. The number of carboxylic acids is 2. The second-order valence-electron chi connectivity index (χ2n) is 4.05. The van der Waals surface area contributed by atoms with Gasteiger partial charge in [-0.05, 0) is 40.5 Å². The molecule has 114 valence electrons. The third kappa shape index (κ3) is 5.78. The number of halogens is 2. The van der Waals surface area contributed by atoms with Gasteiger partial charge in [-0.3, -0.25) is 4.79 Å². The van der Waals surface area contributed by atoms with Crippen LogP contribution in [-0.2, 0) is 9.59 Å². The smallest absolute Gasteiger partial charge is 0.326 e. The Morgan fingerprint density at radius 2 is 1.95 bits per heavy atom. The predicted molar refractivity (Wildman–Crippen MR) is 74.5 cm³/mol. The molecule has 0 aliphatic carbocycles. The number of amides is 2. The standard InChI is InChI=1S/C12H12BrFN2O5/c13-7-5-6(1-2-8(7)14)15-12(21)16-9(11(19)20)3-4-10(17)18/h1-2,5,9H,3-4H2,(H,17,18)(H,19,20)(H2,15,16,21)/t9-/m0/s1. The first kappa shape index (κ1) is 16.9. The number of carboxylic acid groups (broad SMARTS) is 2. The van der Waals surface area contributed by atoms with Crippen LogP contribution < -0.4 is 10.6 Å². The number of carbonyl (C=O) groups excluding carboxylic acids is 1. The fourth-order valence-electron chi connectivity index (χ4n) is 1.42. The molecule has 0 fully saturated rings. The van der Waals surface area contributed by atoms with Gasteiger partial charge in [-0.25, -0.2) is 14.0 Å². The van der Waals surface area contributed by atoms with Crippen molar-refractivity contribution in [1.82, 2.24) is 5.32 Å². The van der Waals surface area contributed by atoms with Crippen molar-refractivity contribution in [2.24, 2.45) is 0 Å². The van der Waals surface area contributed by atoms with Crippen molar-refractivity contribution in [3.8, 4) is 0 Å². The lowest BCUT2D eigenvalue weighted by molar-refractivity contribution is -0.140. The van der Waals surface area contributed by atoms with E-state index in [9.17, 15) is 18.8 Å². The third-order valence-electron chi connectivity index (χ3n) is 2.43. The van der Waals surface area contributed by atoms with E-state index in [2.05, 4.69) is 26.6 Å². The maximum atomic E-state index is 13.0. The number of anilines is 1. The highest BCUT2D eigenvalue weighted by Gasteiger charge is 2.21. The fraction of sp³-hybridized carbons (Fsp3) is 0.250. The van der Waals surface area contributed by atoms with Gasteiger partial charge in [0, 0.05) is 12.1 Å². The van der Waals surface area contributed by atoms with Gasteiger partial charge in [0.05, 0.1) is 4.47 Å². The summed E-state index contributed by atoms with van der Waals surface area (Å²) in [7, 11) is 0. The first-order valence-electron chi connectivity index (χ1n) is 5.76. The van der Waals surface area contributed by atoms with Crippen LogP contribution in [0.15, 0.2) is 22.7 Å². The van der Waals surface area contributed by atoms with E-state index in [1.807, 2.05) is 0 Å². The van der Waals surface area contributed by atoms with E-state index in [0.29, 0.717) is 0 Å². The van der Waals surface area contributed by atoms with Crippen LogP contribution in [0.4, 0.5) is 14.9 Å². The van der Waals surface area contributed by atoms with Crippen molar-refractivity contribution < 1.29 is 29.0 Å². The number of rotatable bonds is 6. The molecule has 4 N–H and O–H groups in total. The topological polar surface area (TPSA) is 116 Å². The summed E-state index contributed by atoms with van der Waals surface area (Å²) in [6.07, 6.45) is -0.634. The molecule has 7 nitrogen and oxygen atoms in total. The predicted octanol–water partition coefficient (Wildman–Crippen LogP) is 2.03. The Morgan fingerprint density at radius 3 is 2.48 bits per heavy atom. The van der Waals surface area contributed by atoms with Gasteiger partial charge in [0.2, 0.25) is 0 Å². The molecule has 0 saturated heterocycles. The van der Waals surface area contributed by atoms with E-state index in [1.54, 1.807) is 0 Å². The number of urea groups is 1. The van der Waals surface area contributed by atoms with Crippen molar-refractivity contribution >= 4 is 39.6 Å². The Labute approximate surface area is 127 Å². The van der Waals surface area contributed by atoms with Crippen LogP contribution in [0.3, 0.4) is 0 Å². The SMILES string of the molecule is O=C(O)CC[C@H](NC(=O)Nc1ccc(F)c(Br)c1)C(=O)O. The van der Waals surface area contributed by atoms with Crippen LogP contribution in [0.1, 0.15) is 12.8 Å². The molecule has 0 bridgehead atoms. The van der Waals surface area contributed by atoms with Crippen LogP contribution in [0, 0.1) is 5.82 Å². The van der Waals surface area contributed by atoms with Gasteiger partial charge in [0.25, 0.3) is 0 Å². The molecule has 0 aliphatic rings. The van der Waals surface area contributed by atoms with E-state index in [0.717, 1.165) is 6.07 Å². The Kier molecular flexibility index (Phi) is 6.10. The van der Waals surface area contributed by atoms with E-state index in [4.69, 9.17) is 10.2 Å². The van der Waals surface area contributed by atoms with Crippen molar-refractivity contribution in [2.75, 3.05) is 5.32 Å². The van der Waals surface area contributed by atoms with E-state index < -0.39 is 29.8 Å². The lowest BCUT2D eigenvalue weighted by atomic mass is 10.1. The first-order chi connectivity index (χ1) is 9.79. The molecule has 0 heterocycles. The average Bonchev–Trinajstić information content (AvgIpc) is 2.38. The highest BCUT2D eigenvalue weighted by Crippen LogP contribution is 2.19. The Balaban J connectivity index is 2.62. The second-order valence-corrected chi connectivity index (χ2v) is 4.90. The molecule has 0 unspecified atom stereocenters. The molecule has 0 aromatic heterocycles. The molecule has 0 spiro atoms. The highest BCUT2D eigenvalue weighted by atomic mass is 79.9. The van der Waals surface area contributed by atoms with Gasteiger partial charge in [-0.1, -0.05) is 0 Å². The number of nitrogens with one attached hydrogen (secondary N) is 2. The lowest BCUT2D eigenvalue weighted by Gasteiger charge is -2.14. The number of carbonyl (C=O) groups is 3. The number of benzene rings is 1. The van der Waals surface area contributed by atoms with Crippen molar-refractivity contribution in [3.63, 3.8) is 0 Å². The normalized spacial score (nSPS) is 11.5. The number of hydrogen-bond acceptors (Lipinski definition) is 3. The molecular weight excluding hydrogens is 351 g/mol. The maximum Gasteiger partial charge on any atom is 0.326 e. The van der Waals surface area contributed by atoms with Crippen LogP contribution in [0.25, 0.3) is 0 Å². The van der Waals surface area contributed by atoms with Crippen LogP contribution in [0.5, 0.6) is 0 Å². The molecule has 0 saturated carbocycles. The monoisotopic (exact) mass is 362 g/mol.